The Balaban J connectivity index is 1.66. The summed E-state index contributed by atoms with van der Waals surface area (Å²) in [6.45, 7) is 1.92. The number of hydrogen-bond acceptors (Lipinski definition) is 3. The second-order valence-corrected chi connectivity index (χ2v) is 6.03. The molecule has 1 N–H and O–H groups in total. The van der Waals surface area contributed by atoms with E-state index in [4.69, 9.17) is 0 Å². The maximum Gasteiger partial charge on any atom is 0.233 e. The van der Waals surface area contributed by atoms with E-state index in [9.17, 15) is 4.79 Å². The van der Waals surface area contributed by atoms with Crippen molar-refractivity contribution in [2.75, 3.05) is 5.32 Å². The fourth-order valence-corrected chi connectivity index (χ4v) is 3.00. The summed E-state index contributed by atoms with van der Waals surface area (Å²) in [5.41, 5.74) is 1.03. The number of thiazole rings is 1. The van der Waals surface area contributed by atoms with Gasteiger partial charge in [0.2, 0.25) is 5.91 Å². The number of amides is 1. The zero-order valence-electron chi connectivity index (χ0n) is 10.8. The summed E-state index contributed by atoms with van der Waals surface area (Å²) in [7, 11) is 0. The molecule has 1 amide bonds. The van der Waals surface area contributed by atoms with Crippen molar-refractivity contribution in [3.05, 3.63) is 47.0 Å². The summed E-state index contributed by atoms with van der Waals surface area (Å²) in [4.78, 5) is 17.7. The van der Waals surface area contributed by atoms with Crippen molar-refractivity contribution in [2.45, 2.75) is 31.6 Å². The Kier molecular flexibility index (Phi) is 3.34. The van der Waals surface area contributed by atoms with E-state index in [1.807, 2.05) is 43.5 Å². The molecule has 3 nitrogen and oxygen atoms in total. The van der Waals surface area contributed by atoms with Crippen LogP contribution in [0, 0.1) is 0 Å². The predicted octanol–water partition coefficient (Wildman–Crippen LogP) is 3.76. The lowest BCUT2D eigenvalue weighted by Gasteiger charge is -2.10. The Hall–Kier alpha value is -1.68. The van der Waals surface area contributed by atoms with Crippen molar-refractivity contribution in [1.29, 1.82) is 0 Å². The molecule has 1 aromatic heterocycles. The van der Waals surface area contributed by atoms with E-state index >= 15 is 0 Å². The van der Waals surface area contributed by atoms with Crippen LogP contribution in [0.5, 0.6) is 0 Å². The van der Waals surface area contributed by atoms with Gasteiger partial charge in [-0.3, -0.25) is 4.79 Å². The molecular weight excluding hydrogens is 256 g/mol. The Morgan fingerprint density at radius 2 is 2.11 bits per heavy atom. The lowest BCUT2D eigenvalue weighted by Crippen LogP contribution is -2.18. The van der Waals surface area contributed by atoms with Gasteiger partial charge in [-0.2, -0.15) is 0 Å². The van der Waals surface area contributed by atoms with Crippen molar-refractivity contribution in [2.24, 2.45) is 0 Å². The second kappa shape index (κ2) is 5.13. The van der Waals surface area contributed by atoms with Crippen LogP contribution >= 0.6 is 11.3 Å². The first-order valence-electron chi connectivity index (χ1n) is 6.55. The smallest absolute Gasteiger partial charge is 0.233 e. The van der Waals surface area contributed by atoms with Gasteiger partial charge in [0, 0.05) is 11.1 Å². The maximum absolute atomic E-state index is 12.2. The molecule has 1 unspecified atom stereocenters. The zero-order chi connectivity index (χ0) is 13.2. The number of carbonyl (C=O) groups excluding carboxylic acids is 1. The molecule has 1 saturated carbocycles. The topological polar surface area (TPSA) is 42.0 Å². The highest BCUT2D eigenvalue weighted by atomic mass is 32.1. The van der Waals surface area contributed by atoms with Gasteiger partial charge < -0.3 is 5.32 Å². The molecule has 2 aromatic rings. The number of nitrogens with zero attached hydrogens (tertiary/aromatic N) is 1. The third-order valence-electron chi connectivity index (χ3n) is 3.43. The summed E-state index contributed by atoms with van der Waals surface area (Å²) in [6.07, 6.45) is 4.41. The molecule has 0 radical (unpaired) electrons. The van der Waals surface area contributed by atoms with Gasteiger partial charge in [-0.1, -0.05) is 30.3 Å². The first kappa shape index (κ1) is 12.4. The van der Waals surface area contributed by atoms with Gasteiger partial charge >= 0.3 is 0 Å². The van der Waals surface area contributed by atoms with E-state index < -0.39 is 0 Å². The summed E-state index contributed by atoms with van der Waals surface area (Å²) in [5.74, 6) is 0.534. The van der Waals surface area contributed by atoms with Crippen molar-refractivity contribution >= 4 is 22.4 Å². The van der Waals surface area contributed by atoms with Gasteiger partial charge in [0.05, 0.1) is 5.92 Å². The fourth-order valence-electron chi connectivity index (χ4n) is 2.01. The molecule has 1 aliphatic rings. The number of anilines is 1. The van der Waals surface area contributed by atoms with Crippen LogP contribution in [0.25, 0.3) is 0 Å². The highest BCUT2D eigenvalue weighted by molar-refractivity contribution is 7.15. The van der Waals surface area contributed by atoms with Crippen LogP contribution in [0.15, 0.2) is 36.5 Å². The molecule has 1 fully saturated rings. The van der Waals surface area contributed by atoms with E-state index in [1.165, 1.54) is 17.7 Å². The van der Waals surface area contributed by atoms with Gasteiger partial charge in [-0.05, 0) is 31.2 Å². The number of benzene rings is 1. The molecule has 98 valence electrons. The van der Waals surface area contributed by atoms with E-state index in [0.717, 1.165) is 10.7 Å². The first-order valence-corrected chi connectivity index (χ1v) is 7.37. The van der Waals surface area contributed by atoms with Crippen LogP contribution in [0.3, 0.4) is 0 Å². The number of carbonyl (C=O) groups is 1. The van der Waals surface area contributed by atoms with Gasteiger partial charge in [0.15, 0.2) is 5.13 Å². The molecule has 0 spiro atoms. The average molecular weight is 272 g/mol. The maximum atomic E-state index is 12.2. The molecule has 1 heterocycles. The van der Waals surface area contributed by atoms with Crippen molar-refractivity contribution in [3.8, 4) is 0 Å². The molecule has 1 atom stereocenters. The molecule has 4 heteroatoms. The minimum atomic E-state index is -0.158. The number of nitrogens with one attached hydrogen (secondary N) is 1. The standard InChI is InChI=1S/C15H16N2OS/c1-10(11-5-3-2-4-6-11)14(18)17-15-16-9-13(19-15)12-7-8-12/h2-6,9-10,12H,7-8H2,1H3,(H,16,17,18). The molecule has 19 heavy (non-hydrogen) atoms. The lowest BCUT2D eigenvalue weighted by molar-refractivity contribution is -0.117. The zero-order valence-corrected chi connectivity index (χ0v) is 11.6. The van der Waals surface area contributed by atoms with Crippen molar-refractivity contribution in [3.63, 3.8) is 0 Å². The molecule has 3 rings (SSSR count). The minimum Gasteiger partial charge on any atom is -0.301 e. The van der Waals surface area contributed by atoms with E-state index in [2.05, 4.69) is 10.3 Å². The molecule has 0 aliphatic heterocycles. The van der Waals surface area contributed by atoms with Crippen molar-refractivity contribution in [1.82, 2.24) is 4.98 Å². The molecular formula is C15H16N2OS. The van der Waals surface area contributed by atoms with Crippen LogP contribution in [-0.2, 0) is 4.79 Å². The monoisotopic (exact) mass is 272 g/mol. The van der Waals surface area contributed by atoms with Crippen LogP contribution in [0.1, 0.15) is 42.0 Å². The van der Waals surface area contributed by atoms with Gasteiger partial charge in [0.1, 0.15) is 0 Å². The highest BCUT2D eigenvalue weighted by Crippen LogP contribution is 2.43. The molecule has 0 saturated heterocycles. The number of aromatic nitrogens is 1. The first-order chi connectivity index (χ1) is 9.24. The lowest BCUT2D eigenvalue weighted by atomic mass is 10.0. The summed E-state index contributed by atoms with van der Waals surface area (Å²) in [5, 5.41) is 3.63. The van der Waals surface area contributed by atoms with Crippen LogP contribution in [0.4, 0.5) is 5.13 Å². The van der Waals surface area contributed by atoms with Crippen LogP contribution in [0.2, 0.25) is 0 Å². The third-order valence-corrected chi connectivity index (χ3v) is 4.50. The minimum absolute atomic E-state index is 0.00268. The Labute approximate surface area is 116 Å². The predicted molar refractivity (Wildman–Crippen MR) is 77.6 cm³/mol. The summed E-state index contributed by atoms with van der Waals surface area (Å²) < 4.78 is 0. The Morgan fingerprint density at radius 1 is 1.37 bits per heavy atom. The highest BCUT2D eigenvalue weighted by Gasteiger charge is 2.26. The molecule has 1 aromatic carbocycles. The molecule has 1 aliphatic carbocycles. The number of rotatable bonds is 4. The average Bonchev–Trinajstić information content (AvgIpc) is 3.20. The SMILES string of the molecule is CC(C(=O)Nc1ncc(C2CC2)s1)c1ccccc1. The van der Waals surface area contributed by atoms with Crippen molar-refractivity contribution < 1.29 is 4.79 Å². The van der Waals surface area contributed by atoms with Gasteiger partial charge in [-0.25, -0.2) is 4.98 Å². The molecule has 0 bridgehead atoms. The quantitative estimate of drug-likeness (QED) is 0.920. The Morgan fingerprint density at radius 3 is 2.79 bits per heavy atom. The van der Waals surface area contributed by atoms with E-state index in [1.54, 1.807) is 11.3 Å². The van der Waals surface area contributed by atoms with E-state index in [-0.39, 0.29) is 11.8 Å². The van der Waals surface area contributed by atoms with Gasteiger partial charge in [-0.15, -0.1) is 11.3 Å². The third kappa shape index (κ3) is 2.84. The van der Waals surface area contributed by atoms with E-state index in [0.29, 0.717) is 5.92 Å². The Bertz CT molecular complexity index is 575. The normalized spacial score (nSPS) is 16.1. The van der Waals surface area contributed by atoms with Gasteiger partial charge in [0.25, 0.3) is 0 Å². The summed E-state index contributed by atoms with van der Waals surface area (Å²) in [6, 6.07) is 9.81. The summed E-state index contributed by atoms with van der Waals surface area (Å²) >= 11 is 1.60. The second-order valence-electron chi connectivity index (χ2n) is 4.96. The van der Waals surface area contributed by atoms with Crippen LogP contribution < -0.4 is 5.32 Å². The fraction of sp³-hybridized carbons (Fsp3) is 0.333. The number of hydrogen-bond donors (Lipinski definition) is 1. The largest absolute Gasteiger partial charge is 0.301 e. The van der Waals surface area contributed by atoms with Crippen LogP contribution in [-0.4, -0.2) is 10.9 Å².